The smallest absolute Gasteiger partial charge is 0.306 e. The Morgan fingerprint density at radius 2 is 1.96 bits per heavy atom. The first-order chi connectivity index (χ1) is 11.9. The molecule has 132 valence electrons. The number of carboxylic acids is 1. The molecule has 0 saturated carbocycles. The Kier molecular flexibility index (Phi) is 4.57. The van der Waals surface area contributed by atoms with Crippen LogP contribution in [0.25, 0.3) is 5.69 Å². The molecular weight excluding hydrogens is 325 g/mol. The fourth-order valence-electron chi connectivity index (χ4n) is 3.33. The third-order valence-electron chi connectivity index (χ3n) is 4.82. The first kappa shape index (κ1) is 17.1. The summed E-state index contributed by atoms with van der Waals surface area (Å²) < 4.78 is 14.7. The van der Waals surface area contributed by atoms with Crippen LogP contribution in [0.5, 0.6) is 0 Å². The van der Waals surface area contributed by atoms with E-state index in [0.29, 0.717) is 36.5 Å². The first-order valence-corrected chi connectivity index (χ1v) is 8.21. The van der Waals surface area contributed by atoms with Gasteiger partial charge in [-0.3, -0.25) is 9.59 Å². The summed E-state index contributed by atoms with van der Waals surface area (Å²) in [7, 11) is 0. The minimum Gasteiger partial charge on any atom is -0.481 e. The van der Waals surface area contributed by atoms with E-state index in [1.165, 1.54) is 18.3 Å². The predicted octanol–water partition coefficient (Wildman–Crippen LogP) is 2.50. The maximum Gasteiger partial charge on any atom is 0.306 e. The van der Waals surface area contributed by atoms with Crippen LogP contribution < -0.4 is 0 Å². The van der Waals surface area contributed by atoms with Crippen LogP contribution in [-0.4, -0.2) is 44.8 Å². The van der Waals surface area contributed by atoms with Crippen LogP contribution in [0, 0.1) is 24.6 Å². The molecule has 3 rings (SSSR count). The van der Waals surface area contributed by atoms with Gasteiger partial charge in [-0.05, 0) is 43.5 Å². The Hall–Kier alpha value is -2.70. The van der Waals surface area contributed by atoms with Gasteiger partial charge in [0.2, 0.25) is 0 Å². The Balaban J connectivity index is 1.80. The number of carboxylic acid groups (broad SMARTS) is 1. The molecular formula is C18H20FN3O3. The summed E-state index contributed by atoms with van der Waals surface area (Å²) in [6.45, 7) is 4.47. The number of hydrogen-bond donors (Lipinski definition) is 1. The molecule has 2 heterocycles. The van der Waals surface area contributed by atoms with Gasteiger partial charge in [-0.15, -0.1) is 0 Å². The van der Waals surface area contributed by atoms with Gasteiger partial charge < -0.3 is 10.0 Å². The van der Waals surface area contributed by atoms with Crippen molar-refractivity contribution in [3.63, 3.8) is 0 Å². The van der Waals surface area contributed by atoms with Crippen molar-refractivity contribution >= 4 is 11.9 Å². The summed E-state index contributed by atoms with van der Waals surface area (Å²) in [5.41, 5.74) is 1.82. The SMILES string of the molecule is Cc1c(C(=O)N2CCC(C(=O)O)C(C)C2)cnn1-c1ccc(F)cc1. The lowest BCUT2D eigenvalue weighted by molar-refractivity contribution is -0.145. The maximum atomic E-state index is 13.1. The number of piperidine rings is 1. The molecule has 2 unspecified atom stereocenters. The molecule has 6 nitrogen and oxygen atoms in total. The van der Waals surface area contributed by atoms with Crippen LogP contribution in [0.3, 0.4) is 0 Å². The highest BCUT2D eigenvalue weighted by Crippen LogP contribution is 2.25. The summed E-state index contributed by atoms with van der Waals surface area (Å²) in [5, 5.41) is 13.4. The second kappa shape index (κ2) is 6.66. The van der Waals surface area contributed by atoms with Crippen molar-refractivity contribution in [2.45, 2.75) is 20.3 Å². The molecule has 1 N–H and O–H groups in total. The number of nitrogens with zero attached hydrogens (tertiary/aromatic N) is 3. The monoisotopic (exact) mass is 345 g/mol. The number of benzene rings is 1. The highest BCUT2D eigenvalue weighted by atomic mass is 19.1. The number of hydrogen-bond acceptors (Lipinski definition) is 3. The van der Waals surface area contributed by atoms with Gasteiger partial charge in [0.1, 0.15) is 5.82 Å². The van der Waals surface area contributed by atoms with Crippen LogP contribution in [0.15, 0.2) is 30.5 Å². The standard InChI is InChI=1S/C18H20FN3O3/c1-11-10-21(8-7-15(11)18(24)25)17(23)16-9-20-22(12(16)2)14-5-3-13(19)4-6-14/h3-6,9,11,15H,7-8,10H2,1-2H3,(H,24,25). The Labute approximate surface area is 144 Å². The van der Waals surface area contributed by atoms with Crippen LogP contribution in [0.4, 0.5) is 4.39 Å². The van der Waals surface area contributed by atoms with Gasteiger partial charge in [0.15, 0.2) is 0 Å². The number of amides is 1. The van der Waals surface area contributed by atoms with E-state index in [0.717, 1.165) is 0 Å². The zero-order valence-electron chi connectivity index (χ0n) is 14.1. The molecule has 1 fully saturated rings. The topological polar surface area (TPSA) is 75.4 Å². The molecule has 1 saturated heterocycles. The van der Waals surface area contributed by atoms with Crippen molar-refractivity contribution < 1.29 is 19.1 Å². The largest absolute Gasteiger partial charge is 0.481 e. The van der Waals surface area contributed by atoms with Gasteiger partial charge in [-0.2, -0.15) is 5.10 Å². The van der Waals surface area contributed by atoms with E-state index < -0.39 is 11.9 Å². The number of aliphatic carboxylic acids is 1. The minimum absolute atomic E-state index is 0.0948. The van der Waals surface area contributed by atoms with Crippen LogP contribution in [0.2, 0.25) is 0 Å². The van der Waals surface area contributed by atoms with Gasteiger partial charge in [0.05, 0.1) is 29.1 Å². The number of aromatic nitrogens is 2. The number of carbonyl (C=O) groups is 2. The van der Waals surface area contributed by atoms with E-state index in [4.69, 9.17) is 0 Å². The molecule has 1 amide bonds. The van der Waals surface area contributed by atoms with Crippen molar-refractivity contribution in [2.24, 2.45) is 11.8 Å². The quantitative estimate of drug-likeness (QED) is 0.927. The summed E-state index contributed by atoms with van der Waals surface area (Å²) in [4.78, 5) is 25.7. The van der Waals surface area contributed by atoms with Crippen molar-refractivity contribution in [3.8, 4) is 5.69 Å². The second-order valence-corrected chi connectivity index (χ2v) is 6.49. The average molecular weight is 345 g/mol. The molecule has 7 heteroatoms. The third-order valence-corrected chi connectivity index (χ3v) is 4.82. The Morgan fingerprint density at radius 1 is 1.28 bits per heavy atom. The number of likely N-dealkylation sites (tertiary alicyclic amines) is 1. The van der Waals surface area contributed by atoms with Gasteiger partial charge in [-0.25, -0.2) is 9.07 Å². The average Bonchev–Trinajstić information content (AvgIpc) is 2.96. The van der Waals surface area contributed by atoms with Crippen molar-refractivity contribution in [2.75, 3.05) is 13.1 Å². The number of halogens is 1. The van der Waals surface area contributed by atoms with E-state index in [-0.39, 0.29) is 17.6 Å². The van der Waals surface area contributed by atoms with Crippen molar-refractivity contribution in [1.82, 2.24) is 14.7 Å². The van der Waals surface area contributed by atoms with Crippen LogP contribution in [-0.2, 0) is 4.79 Å². The fraction of sp³-hybridized carbons (Fsp3) is 0.389. The zero-order valence-corrected chi connectivity index (χ0v) is 14.1. The normalized spacial score (nSPS) is 20.5. The van der Waals surface area contributed by atoms with E-state index >= 15 is 0 Å². The third kappa shape index (κ3) is 3.26. The molecule has 1 aromatic heterocycles. The summed E-state index contributed by atoms with van der Waals surface area (Å²) >= 11 is 0. The molecule has 0 aliphatic carbocycles. The summed E-state index contributed by atoms with van der Waals surface area (Å²) in [6.07, 6.45) is 1.96. The fourth-order valence-corrected chi connectivity index (χ4v) is 3.33. The maximum absolute atomic E-state index is 13.1. The predicted molar refractivity (Wildman–Crippen MR) is 89.1 cm³/mol. The molecule has 1 aliphatic rings. The minimum atomic E-state index is -0.806. The molecule has 0 spiro atoms. The Bertz CT molecular complexity index is 800. The molecule has 1 aromatic carbocycles. The molecule has 2 aromatic rings. The van der Waals surface area contributed by atoms with Gasteiger partial charge in [0, 0.05) is 13.1 Å². The van der Waals surface area contributed by atoms with Crippen molar-refractivity contribution in [1.29, 1.82) is 0 Å². The van der Waals surface area contributed by atoms with E-state index in [2.05, 4.69) is 5.10 Å². The number of carbonyl (C=O) groups excluding carboxylic acids is 1. The second-order valence-electron chi connectivity index (χ2n) is 6.49. The molecule has 1 aliphatic heterocycles. The summed E-state index contributed by atoms with van der Waals surface area (Å²) in [6, 6.07) is 5.89. The highest BCUT2D eigenvalue weighted by molar-refractivity contribution is 5.95. The lowest BCUT2D eigenvalue weighted by Gasteiger charge is -2.34. The number of rotatable bonds is 3. The lowest BCUT2D eigenvalue weighted by Crippen LogP contribution is -2.45. The van der Waals surface area contributed by atoms with E-state index in [1.807, 2.05) is 6.92 Å². The Morgan fingerprint density at radius 3 is 2.56 bits per heavy atom. The lowest BCUT2D eigenvalue weighted by atomic mass is 9.87. The van der Waals surface area contributed by atoms with Gasteiger partial charge >= 0.3 is 5.97 Å². The highest BCUT2D eigenvalue weighted by Gasteiger charge is 2.34. The zero-order chi connectivity index (χ0) is 18.1. The van der Waals surface area contributed by atoms with Crippen molar-refractivity contribution in [3.05, 3.63) is 47.5 Å². The molecule has 0 bridgehead atoms. The van der Waals surface area contributed by atoms with Gasteiger partial charge in [0.25, 0.3) is 5.91 Å². The van der Waals surface area contributed by atoms with Crippen LogP contribution in [0.1, 0.15) is 29.4 Å². The molecule has 2 atom stereocenters. The van der Waals surface area contributed by atoms with E-state index in [1.54, 1.807) is 28.6 Å². The van der Waals surface area contributed by atoms with E-state index in [9.17, 15) is 19.1 Å². The molecule has 0 radical (unpaired) electrons. The summed E-state index contributed by atoms with van der Waals surface area (Å²) in [5.74, 6) is -1.80. The first-order valence-electron chi connectivity index (χ1n) is 8.21. The van der Waals surface area contributed by atoms with Crippen LogP contribution >= 0.6 is 0 Å². The van der Waals surface area contributed by atoms with Gasteiger partial charge in [-0.1, -0.05) is 6.92 Å². The molecule has 25 heavy (non-hydrogen) atoms.